The van der Waals surface area contributed by atoms with Gasteiger partial charge in [-0.05, 0) is 105 Å². The minimum atomic E-state index is -0.862. The first-order valence-corrected chi connectivity index (χ1v) is 21.2. The van der Waals surface area contributed by atoms with E-state index >= 15 is 0 Å². The standard InChI is InChI=1S/C48H68N4O6/c1-30-33(23-37-26-41(30)48(37,3)4)19-20-42(55)45-44(31(2)54)43(29-53)58-52(45)27-34-17-14-18-40(46(34)57-10)35-22-36(25-38(24-35)50(7)8)47(56)51(9)39(28-49(5)6)21-32-15-12-11-13-16-32/h11-18,22,24-25,30-31,33,37,39,41,43-45,53-54H,19-21,23,26-29H2,1-10H3/t30-,31+,33+,37+,39+,41+,43+,44-,45-/m1/s1. The first-order valence-electron chi connectivity index (χ1n) is 21.2. The molecule has 4 fully saturated rings. The molecule has 1 saturated heterocycles. The van der Waals surface area contributed by atoms with Crippen molar-refractivity contribution in [3.63, 3.8) is 0 Å². The van der Waals surface area contributed by atoms with Gasteiger partial charge in [-0.2, -0.15) is 5.06 Å². The lowest BCUT2D eigenvalue weighted by Gasteiger charge is -2.62. The van der Waals surface area contributed by atoms with Gasteiger partial charge in [-0.1, -0.05) is 69.3 Å². The molecule has 0 unspecified atom stereocenters. The molecule has 2 bridgehead atoms. The monoisotopic (exact) mass is 797 g/mol. The Balaban J connectivity index is 1.27. The number of para-hydroxylation sites is 1. The molecule has 0 radical (unpaired) electrons. The highest BCUT2D eigenvalue weighted by molar-refractivity contribution is 5.97. The Hall–Kier alpha value is -3.80. The number of benzene rings is 3. The van der Waals surface area contributed by atoms with Crippen LogP contribution < -0.4 is 9.64 Å². The van der Waals surface area contributed by atoms with Gasteiger partial charge >= 0.3 is 0 Å². The van der Waals surface area contributed by atoms with Gasteiger partial charge in [-0.15, -0.1) is 0 Å². The van der Waals surface area contributed by atoms with Crippen molar-refractivity contribution in [2.75, 3.05) is 60.4 Å². The Morgan fingerprint density at radius 1 is 1.00 bits per heavy atom. The van der Waals surface area contributed by atoms with Crippen molar-refractivity contribution in [2.24, 2.45) is 35.0 Å². The molecule has 0 aromatic heterocycles. The van der Waals surface area contributed by atoms with E-state index in [1.807, 2.05) is 93.6 Å². The van der Waals surface area contributed by atoms with E-state index in [0.29, 0.717) is 47.4 Å². The van der Waals surface area contributed by atoms with Crippen LogP contribution in [0.25, 0.3) is 11.1 Å². The maximum atomic E-state index is 14.4. The van der Waals surface area contributed by atoms with Gasteiger partial charge in [-0.3, -0.25) is 14.4 Å². The molecule has 3 saturated carbocycles. The highest BCUT2D eigenvalue weighted by atomic mass is 16.7. The number of anilines is 1. The fourth-order valence-electron chi connectivity index (χ4n) is 10.6. The zero-order valence-electron chi connectivity index (χ0n) is 36.5. The van der Waals surface area contributed by atoms with Crippen molar-refractivity contribution in [3.8, 4) is 16.9 Å². The number of hydrogen-bond donors (Lipinski definition) is 2. The molecular weight excluding hydrogens is 729 g/mol. The summed E-state index contributed by atoms with van der Waals surface area (Å²) in [7, 11) is 11.5. The van der Waals surface area contributed by atoms with Crippen molar-refractivity contribution in [2.45, 2.75) is 90.6 Å². The van der Waals surface area contributed by atoms with Gasteiger partial charge in [-0.25, -0.2) is 0 Å². The summed E-state index contributed by atoms with van der Waals surface area (Å²) >= 11 is 0. The number of amides is 1. The molecule has 7 rings (SSSR count). The molecule has 1 amide bonds. The average molecular weight is 797 g/mol. The number of Topliss-reactive ketones (excluding diaryl/α,β-unsaturated/α-hetero) is 1. The summed E-state index contributed by atoms with van der Waals surface area (Å²) in [6, 6.07) is 21.3. The predicted octanol–water partition coefficient (Wildman–Crippen LogP) is 6.81. The number of ketones is 1. The van der Waals surface area contributed by atoms with Gasteiger partial charge in [0.15, 0.2) is 5.78 Å². The Kier molecular flexibility index (Phi) is 13.7. The van der Waals surface area contributed by atoms with Crippen molar-refractivity contribution in [3.05, 3.63) is 83.4 Å². The third kappa shape index (κ3) is 9.02. The van der Waals surface area contributed by atoms with Crippen molar-refractivity contribution >= 4 is 17.4 Å². The molecule has 9 atom stereocenters. The molecule has 1 aliphatic heterocycles. The highest BCUT2D eigenvalue weighted by Gasteiger charge is 2.56. The van der Waals surface area contributed by atoms with Crippen LogP contribution in [0.3, 0.4) is 0 Å². The summed E-state index contributed by atoms with van der Waals surface area (Å²) in [4.78, 5) is 41.0. The van der Waals surface area contributed by atoms with Crippen molar-refractivity contribution in [1.82, 2.24) is 14.9 Å². The molecule has 3 aromatic rings. The summed E-state index contributed by atoms with van der Waals surface area (Å²) in [6.45, 7) is 9.44. The molecular formula is C48H68N4O6. The van der Waals surface area contributed by atoms with E-state index < -0.39 is 24.2 Å². The lowest BCUT2D eigenvalue weighted by molar-refractivity contribution is -0.181. The fraction of sp³-hybridized carbons (Fsp3) is 0.583. The minimum Gasteiger partial charge on any atom is -0.496 e. The minimum absolute atomic E-state index is 0.0356. The summed E-state index contributed by atoms with van der Waals surface area (Å²) < 4.78 is 6.15. The van der Waals surface area contributed by atoms with Crippen LogP contribution in [0.1, 0.15) is 74.9 Å². The number of rotatable bonds is 17. The SMILES string of the molecule is COc1c(CN2O[C@@H](CO)[C@@H]([C@H](C)O)[C@H]2C(=O)CC[C@H]2C[C@H]3C[C@@H]([C@@H]2C)C3(C)C)cccc1-c1cc(C(=O)N(C)[C@@H](Cc2ccccc2)CN(C)C)cc(N(C)C)c1. The van der Waals surface area contributed by atoms with E-state index in [-0.39, 0.29) is 30.9 Å². The van der Waals surface area contributed by atoms with Crippen molar-refractivity contribution in [1.29, 1.82) is 0 Å². The van der Waals surface area contributed by atoms with E-state index in [4.69, 9.17) is 9.57 Å². The van der Waals surface area contributed by atoms with Crippen LogP contribution in [-0.4, -0.2) is 117 Å². The van der Waals surface area contributed by atoms with Crippen molar-refractivity contribution < 1.29 is 29.4 Å². The van der Waals surface area contributed by atoms with Gasteiger partial charge in [0.1, 0.15) is 17.9 Å². The number of carbonyl (C=O) groups excluding carboxylic acids is 2. The molecule has 3 aromatic carbocycles. The third-order valence-corrected chi connectivity index (χ3v) is 14.1. The molecule has 2 N–H and O–H groups in total. The number of aliphatic hydroxyl groups is 2. The highest BCUT2D eigenvalue weighted by Crippen LogP contribution is 2.63. The van der Waals surface area contributed by atoms with E-state index in [2.05, 4.69) is 43.9 Å². The molecule has 1 heterocycles. The maximum Gasteiger partial charge on any atom is 0.253 e. The topological polar surface area (TPSA) is 106 Å². The number of hydrogen-bond acceptors (Lipinski definition) is 9. The van der Waals surface area contributed by atoms with Gasteiger partial charge in [0.2, 0.25) is 0 Å². The summed E-state index contributed by atoms with van der Waals surface area (Å²) in [5.41, 5.74) is 5.42. The maximum absolute atomic E-state index is 14.4. The Morgan fingerprint density at radius 2 is 1.72 bits per heavy atom. The number of aliphatic hydroxyl groups excluding tert-OH is 2. The number of nitrogens with zero attached hydrogens (tertiary/aromatic N) is 4. The molecule has 316 valence electrons. The second-order valence-corrected chi connectivity index (χ2v) is 18.6. The zero-order chi connectivity index (χ0) is 42.1. The van der Waals surface area contributed by atoms with Gasteiger partial charge in [0.05, 0.1) is 26.4 Å². The van der Waals surface area contributed by atoms with Crippen LogP contribution >= 0.6 is 0 Å². The zero-order valence-corrected chi connectivity index (χ0v) is 36.5. The quantitative estimate of drug-likeness (QED) is 0.152. The summed E-state index contributed by atoms with van der Waals surface area (Å²) in [5, 5.41) is 23.1. The predicted molar refractivity (Wildman–Crippen MR) is 231 cm³/mol. The molecule has 3 aliphatic carbocycles. The smallest absolute Gasteiger partial charge is 0.253 e. The second-order valence-electron chi connectivity index (χ2n) is 18.6. The number of fused-ring (bicyclic) bond motifs is 2. The first kappa shape index (κ1) is 43.8. The number of hydroxylamine groups is 2. The number of likely N-dealkylation sites (N-methyl/N-ethyl adjacent to an activating group) is 2. The average Bonchev–Trinajstić information content (AvgIpc) is 3.57. The Morgan fingerprint density at radius 3 is 2.33 bits per heavy atom. The summed E-state index contributed by atoms with van der Waals surface area (Å²) in [6.07, 6.45) is 2.83. The third-order valence-electron chi connectivity index (χ3n) is 14.1. The molecule has 58 heavy (non-hydrogen) atoms. The number of ether oxygens (including phenoxy) is 1. The Labute approximate surface area is 347 Å². The van der Waals surface area contributed by atoms with Crippen LogP contribution in [0.5, 0.6) is 5.75 Å². The molecule has 10 heteroatoms. The second kappa shape index (κ2) is 18.2. The lowest BCUT2D eigenvalue weighted by atomic mass is 9.43. The molecule has 0 spiro atoms. The van der Waals surface area contributed by atoms with Crippen LogP contribution in [0, 0.1) is 35.0 Å². The van der Waals surface area contributed by atoms with E-state index in [1.165, 1.54) is 12.0 Å². The first-order chi connectivity index (χ1) is 27.5. The van der Waals surface area contributed by atoms with Crippen LogP contribution in [-0.2, 0) is 22.6 Å². The van der Waals surface area contributed by atoms with E-state index in [9.17, 15) is 19.8 Å². The normalized spacial score (nSPS) is 26.2. The van der Waals surface area contributed by atoms with E-state index in [1.54, 1.807) is 19.1 Å². The van der Waals surface area contributed by atoms with Gasteiger partial charge in [0.25, 0.3) is 5.91 Å². The van der Waals surface area contributed by atoms with Crippen LogP contribution in [0.4, 0.5) is 5.69 Å². The number of methoxy groups -OCH3 is 1. The van der Waals surface area contributed by atoms with E-state index in [0.717, 1.165) is 47.6 Å². The largest absolute Gasteiger partial charge is 0.496 e. The van der Waals surface area contributed by atoms with Crippen LogP contribution in [0.2, 0.25) is 0 Å². The van der Waals surface area contributed by atoms with Gasteiger partial charge < -0.3 is 29.6 Å². The van der Waals surface area contributed by atoms with Crippen LogP contribution in [0.15, 0.2) is 66.7 Å². The fourth-order valence-corrected chi connectivity index (χ4v) is 10.6. The number of carbonyl (C=O) groups is 2. The lowest BCUT2D eigenvalue weighted by Crippen LogP contribution is -2.55. The molecule has 4 aliphatic rings. The van der Waals surface area contributed by atoms with Gasteiger partial charge in [0, 0.05) is 68.4 Å². The molecule has 10 nitrogen and oxygen atoms in total. The summed E-state index contributed by atoms with van der Waals surface area (Å²) in [5.74, 6) is 2.49. The Bertz CT molecular complexity index is 1880.